The maximum atomic E-state index is 13.0. The molecule has 8 heteroatoms. The molecule has 0 bridgehead atoms. The molecule has 1 N–H and O–H groups in total. The second-order valence-electron chi connectivity index (χ2n) is 6.85. The van der Waals surface area contributed by atoms with Gasteiger partial charge in [-0.15, -0.1) is 5.10 Å². The Morgan fingerprint density at radius 1 is 0.900 bits per heavy atom. The van der Waals surface area contributed by atoms with E-state index in [-0.39, 0.29) is 0 Å². The molecule has 0 saturated heterocycles. The lowest BCUT2D eigenvalue weighted by atomic mass is 10.1. The first-order chi connectivity index (χ1) is 14.3. The molecule has 30 heavy (non-hydrogen) atoms. The summed E-state index contributed by atoms with van der Waals surface area (Å²) in [6.07, 6.45) is -2.64. The van der Waals surface area contributed by atoms with Crippen molar-refractivity contribution in [3.05, 3.63) is 78.1 Å². The van der Waals surface area contributed by atoms with E-state index in [0.717, 1.165) is 34.6 Å². The fraction of sp³-hybridized carbons (Fsp3) is 0.136. The van der Waals surface area contributed by atoms with Gasteiger partial charge >= 0.3 is 6.18 Å². The van der Waals surface area contributed by atoms with Crippen LogP contribution in [-0.4, -0.2) is 19.7 Å². The quantitative estimate of drug-likeness (QED) is 0.476. The SMILES string of the molecule is Cc1cc(-c2ccc(Nc3nc(-c4cccc(C(F)(F)F)c4)n(C)n3)cc2)ccn1. The molecule has 0 aliphatic heterocycles. The number of nitrogens with one attached hydrogen (secondary N) is 1. The van der Waals surface area contributed by atoms with Crippen LogP contribution in [0, 0.1) is 6.92 Å². The van der Waals surface area contributed by atoms with Crippen LogP contribution in [0.15, 0.2) is 66.9 Å². The van der Waals surface area contributed by atoms with Gasteiger partial charge in [-0.2, -0.15) is 18.2 Å². The van der Waals surface area contributed by atoms with Crippen molar-refractivity contribution >= 4 is 11.6 Å². The number of pyridine rings is 1. The highest BCUT2D eigenvalue weighted by Gasteiger charge is 2.30. The molecule has 0 spiro atoms. The summed E-state index contributed by atoms with van der Waals surface area (Å²) < 4.78 is 40.4. The molecule has 5 nitrogen and oxygen atoms in total. The predicted molar refractivity (Wildman–Crippen MR) is 109 cm³/mol. The van der Waals surface area contributed by atoms with E-state index in [1.54, 1.807) is 19.3 Å². The highest BCUT2D eigenvalue weighted by atomic mass is 19.4. The van der Waals surface area contributed by atoms with Gasteiger partial charge in [-0.25, -0.2) is 4.68 Å². The topological polar surface area (TPSA) is 55.6 Å². The summed E-state index contributed by atoms with van der Waals surface area (Å²) in [7, 11) is 1.64. The second kappa shape index (κ2) is 7.62. The van der Waals surface area contributed by atoms with Crippen molar-refractivity contribution in [2.45, 2.75) is 13.1 Å². The van der Waals surface area contributed by atoms with E-state index in [1.165, 1.54) is 10.7 Å². The minimum absolute atomic E-state index is 0.303. The fourth-order valence-corrected chi connectivity index (χ4v) is 3.12. The molecular weight excluding hydrogens is 391 g/mol. The van der Waals surface area contributed by atoms with Gasteiger partial charge in [0.05, 0.1) is 5.56 Å². The van der Waals surface area contributed by atoms with Crippen LogP contribution in [0.4, 0.5) is 24.8 Å². The summed E-state index contributed by atoms with van der Waals surface area (Å²) in [6.45, 7) is 1.94. The molecule has 0 atom stereocenters. The van der Waals surface area contributed by atoms with Gasteiger partial charge in [0.2, 0.25) is 5.95 Å². The van der Waals surface area contributed by atoms with Crippen LogP contribution in [0.3, 0.4) is 0 Å². The molecular formula is C22H18F3N5. The van der Waals surface area contributed by atoms with E-state index in [9.17, 15) is 13.2 Å². The Bertz CT molecular complexity index is 1180. The summed E-state index contributed by atoms with van der Waals surface area (Å²) in [5, 5.41) is 7.36. The molecule has 2 aromatic carbocycles. The molecule has 152 valence electrons. The average molecular weight is 409 g/mol. The highest BCUT2D eigenvalue weighted by molar-refractivity contribution is 5.67. The molecule has 0 amide bonds. The lowest BCUT2D eigenvalue weighted by molar-refractivity contribution is -0.137. The van der Waals surface area contributed by atoms with Crippen LogP contribution in [0.25, 0.3) is 22.5 Å². The van der Waals surface area contributed by atoms with E-state index in [1.807, 2.05) is 43.3 Å². The zero-order valence-electron chi connectivity index (χ0n) is 16.3. The zero-order chi connectivity index (χ0) is 21.3. The molecule has 2 aromatic heterocycles. The van der Waals surface area contributed by atoms with Crippen molar-refractivity contribution in [2.75, 3.05) is 5.32 Å². The van der Waals surface area contributed by atoms with Crippen LogP contribution in [0.2, 0.25) is 0 Å². The van der Waals surface area contributed by atoms with Crippen molar-refractivity contribution in [2.24, 2.45) is 7.05 Å². The van der Waals surface area contributed by atoms with Crippen molar-refractivity contribution in [1.29, 1.82) is 0 Å². The van der Waals surface area contributed by atoms with Crippen molar-refractivity contribution in [3.63, 3.8) is 0 Å². The Morgan fingerprint density at radius 3 is 2.37 bits per heavy atom. The molecule has 0 fully saturated rings. The van der Waals surface area contributed by atoms with Gasteiger partial charge in [0.1, 0.15) is 0 Å². The third kappa shape index (κ3) is 4.17. The number of halogens is 3. The smallest absolute Gasteiger partial charge is 0.323 e. The van der Waals surface area contributed by atoms with E-state index in [2.05, 4.69) is 20.4 Å². The standard InChI is InChI=1S/C22H18F3N5/c1-14-12-16(10-11-26-14)15-6-8-19(9-7-15)27-21-28-20(30(2)29-21)17-4-3-5-18(13-17)22(23,24)25/h3-13H,1-2H3,(H,27,29). The largest absolute Gasteiger partial charge is 0.416 e. The van der Waals surface area contributed by atoms with E-state index >= 15 is 0 Å². The summed E-state index contributed by atoms with van der Waals surface area (Å²) in [5.74, 6) is 0.643. The lowest BCUT2D eigenvalue weighted by Gasteiger charge is -2.08. The number of rotatable bonds is 4. The summed E-state index contributed by atoms with van der Waals surface area (Å²) in [5.41, 5.74) is 3.44. The number of nitrogens with zero attached hydrogens (tertiary/aromatic N) is 4. The van der Waals surface area contributed by atoms with Crippen LogP contribution in [0.5, 0.6) is 0 Å². The highest BCUT2D eigenvalue weighted by Crippen LogP contribution is 2.32. The molecule has 4 aromatic rings. The molecule has 0 saturated carbocycles. The van der Waals surface area contributed by atoms with E-state index in [4.69, 9.17) is 0 Å². The summed E-state index contributed by atoms with van der Waals surface area (Å²) in [4.78, 5) is 8.56. The molecule has 4 rings (SSSR count). The normalized spacial score (nSPS) is 11.5. The number of hydrogen-bond acceptors (Lipinski definition) is 4. The lowest BCUT2D eigenvalue weighted by Crippen LogP contribution is -2.05. The maximum absolute atomic E-state index is 13.0. The number of anilines is 2. The van der Waals surface area contributed by atoms with Gasteiger partial charge in [0.25, 0.3) is 0 Å². The van der Waals surface area contributed by atoms with E-state index in [0.29, 0.717) is 17.3 Å². The Morgan fingerprint density at radius 2 is 1.67 bits per heavy atom. The van der Waals surface area contributed by atoms with Crippen molar-refractivity contribution in [1.82, 2.24) is 19.7 Å². The number of alkyl halides is 3. The molecule has 0 aliphatic rings. The van der Waals surface area contributed by atoms with E-state index < -0.39 is 11.7 Å². The molecule has 2 heterocycles. The second-order valence-corrected chi connectivity index (χ2v) is 6.85. The van der Waals surface area contributed by atoms with Gasteiger partial charge in [-0.1, -0.05) is 24.3 Å². The third-order valence-electron chi connectivity index (χ3n) is 4.58. The van der Waals surface area contributed by atoms with Gasteiger partial charge in [0.15, 0.2) is 5.82 Å². The zero-order valence-corrected chi connectivity index (χ0v) is 16.3. The molecule has 0 radical (unpaired) electrons. The number of benzene rings is 2. The first-order valence-corrected chi connectivity index (χ1v) is 9.18. The molecule has 0 aliphatic carbocycles. The van der Waals surface area contributed by atoms with Crippen LogP contribution >= 0.6 is 0 Å². The number of aryl methyl sites for hydroxylation is 2. The van der Waals surface area contributed by atoms with Gasteiger partial charge in [-0.3, -0.25) is 4.98 Å². The Balaban J connectivity index is 1.56. The Labute approximate surface area is 171 Å². The summed E-state index contributed by atoms with van der Waals surface area (Å²) >= 11 is 0. The van der Waals surface area contributed by atoms with Gasteiger partial charge < -0.3 is 5.32 Å². The summed E-state index contributed by atoms with van der Waals surface area (Å²) in [6, 6.07) is 16.7. The van der Waals surface area contributed by atoms with Crippen LogP contribution < -0.4 is 5.32 Å². The first kappa shape index (κ1) is 19.6. The number of hydrogen-bond donors (Lipinski definition) is 1. The first-order valence-electron chi connectivity index (χ1n) is 9.18. The minimum Gasteiger partial charge on any atom is -0.323 e. The van der Waals surface area contributed by atoms with Gasteiger partial charge in [-0.05, 0) is 54.4 Å². The average Bonchev–Trinajstić information content (AvgIpc) is 3.08. The minimum atomic E-state index is -4.41. The van der Waals surface area contributed by atoms with Crippen LogP contribution in [0.1, 0.15) is 11.3 Å². The predicted octanol–water partition coefficient (Wildman–Crippen LogP) is 5.61. The molecule has 0 unspecified atom stereocenters. The van der Waals surface area contributed by atoms with Crippen molar-refractivity contribution < 1.29 is 13.2 Å². The third-order valence-corrected chi connectivity index (χ3v) is 4.58. The van der Waals surface area contributed by atoms with Crippen LogP contribution in [-0.2, 0) is 13.2 Å². The Hall–Kier alpha value is -3.68. The Kier molecular flexibility index (Phi) is 4.99. The number of aromatic nitrogens is 4. The van der Waals surface area contributed by atoms with Gasteiger partial charge in [0, 0.05) is 30.2 Å². The fourth-order valence-electron chi connectivity index (χ4n) is 3.12. The monoisotopic (exact) mass is 409 g/mol. The maximum Gasteiger partial charge on any atom is 0.416 e. The van der Waals surface area contributed by atoms with Crippen molar-refractivity contribution in [3.8, 4) is 22.5 Å².